The second-order valence-corrected chi connectivity index (χ2v) is 5.57. The first kappa shape index (κ1) is 17.0. The van der Waals surface area contributed by atoms with E-state index < -0.39 is 16.4 Å². The molecule has 118 valence electrons. The van der Waals surface area contributed by atoms with Gasteiger partial charge in [-0.1, -0.05) is 0 Å². The maximum absolute atomic E-state index is 12.0. The van der Waals surface area contributed by atoms with Crippen molar-refractivity contribution in [3.63, 3.8) is 0 Å². The zero-order valence-corrected chi connectivity index (χ0v) is 11.4. The van der Waals surface area contributed by atoms with Crippen molar-refractivity contribution in [3.8, 4) is 5.75 Å². The Morgan fingerprint density at radius 1 is 1.29 bits per heavy atom. The number of sulfonamides is 1. The molecule has 0 heterocycles. The first-order valence-corrected chi connectivity index (χ1v) is 7.20. The van der Waals surface area contributed by atoms with Gasteiger partial charge in [0.2, 0.25) is 10.0 Å². The molecule has 21 heavy (non-hydrogen) atoms. The van der Waals surface area contributed by atoms with Gasteiger partial charge in [-0.3, -0.25) is 4.99 Å². The monoisotopic (exact) mass is 326 g/mol. The van der Waals surface area contributed by atoms with Crippen LogP contribution in [0.2, 0.25) is 0 Å². The zero-order valence-electron chi connectivity index (χ0n) is 10.6. The Bertz CT molecular complexity index is 599. The minimum Gasteiger partial charge on any atom is -0.406 e. The van der Waals surface area contributed by atoms with E-state index in [2.05, 4.69) is 15.0 Å². The Hall–Kier alpha value is -2.01. The molecule has 0 saturated heterocycles. The smallest absolute Gasteiger partial charge is 0.406 e. The topological polar surface area (TPSA) is 120 Å². The van der Waals surface area contributed by atoms with Crippen LogP contribution in [0, 0.1) is 0 Å². The lowest BCUT2D eigenvalue weighted by atomic mass is 10.3. The van der Waals surface area contributed by atoms with Crippen LogP contribution < -0.4 is 20.9 Å². The van der Waals surface area contributed by atoms with Gasteiger partial charge in [-0.25, -0.2) is 13.6 Å². The Morgan fingerprint density at radius 2 is 1.86 bits per heavy atom. The van der Waals surface area contributed by atoms with E-state index in [0.717, 1.165) is 12.1 Å². The van der Waals surface area contributed by atoms with Crippen molar-refractivity contribution in [1.82, 2.24) is 0 Å². The van der Waals surface area contributed by atoms with E-state index in [-0.39, 0.29) is 24.0 Å². The minimum atomic E-state index is -4.76. The van der Waals surface area contributed by atoms with Crippen molar-refractivity contribution in [1.29, 1.82) is 0 Å². The number of guanidine groups is 1. The predicted molar refractivity (Wildman–Crippen MR) is 71.2 cm³/mol. The second kappa shape index (κ2) is 6.63. The van der Waals surface area contributed by atoms with Gasteiger partial charge in [-0.05, 0) is 24.3 Å². The van der Waals surface area contributed by atoms with Crippen LogP contribution in [-0.4, -0.2) is 33.0 Å². The fraction of sp³-hybridized carbons (Fsp3) is 0.300. The van der Waals surface area contributed by atoms with Crippen molar-refractivity contribution < 1.29 is 26.3 Å². The number of anilines is 1. The summed E-state index contributed by atoms with van der Waals surface area (Å²) >= 11 is 0. The fourth-order valence-corrected chi connectivity index (χ4v) is 1.57. The maximum atomic E-state index is 12.0. The van der Waals surface area contributed by atoms with E-state index in [4.69, 9.17) is 10.9 Å². The molecule has 0 aliphatic heterocycles. The average Bonchev–Trinajstić information content (AvgIpc) is 2.28. The fourth-order valence-electron chi connectivity index (χ4n) is 1.22. The number of halogens is 3. The summed E-state index contributed by atoms with van der Waals surface area (Å²) in [5.41, 5.74) is 5.83. The average molecular weight is 326 g/mol. The minimum absolute atomic E-state index is 0.0943. The largest absolute Gasteiger partial charge is 0.573 e. The summed E-state index contributed by atoms with van der Waals surface area (Å²) < 4.78 is 60.9. The zero-order chi connectivity index (χ0) is 16.1. The first-order valence-electron chi connectivity index (χ1n) is 5.48. The summed E-state index contributed by atoms with van der Waals surface area (Å²) in [4.78, 5) is 3.70. The lowest BCUT2D eigenvalue weighted by Crippen LogP contribution is -2.25. The number of ether oxygens (including phenoxy) is 1. The van der Waals surface area contributed by atoms with E-state index in [0.29, 0.717) is 5.69 Å². The van der Waals surface area contributed by atoms with E-state index in [1.807, 2.05) is 0 Å². The van der Waals surface area contributed by atoms with Crippen molar-refractivity contribution in [2.45, 2.75) is 6.36 Å². The molecule has 0 aliphatic carbocycles. The highest BCUT2D eigenvalue weighted by atomic mass is 32.2. The molecule has 0 spiro atoms. The number of rotatable bonds is 5. The van der Waals surface area contributed by atoms with Crippen molar-refractivity contribution in [3.05, 3.63) is 24.3 Å². The standard InChI is InChI=1S/C10H13F3N4O3S/c11-10(12,13)20-8-3-1-7(2-4-8)17-9(14)16-5-6-21(15,18)19/h1-4H,5-6H2,(H3,14,16,17)(H2,15,18,19). The van der Waals surface area contributed by atoms with Gasteiger partial charge >= 0.3 is 6.36 Å². The number of hydrogen-bond donors (Lipinski definition) is 3. The van der Waals surface area contributed by atoms with E-state index in [1.165, 1.54) is 12.1 Å². The lowest BCUT2D eigenvalue weighted by molar-refractivity contribution is -0.274. The Labute approximate surface area is 118 Å². The molecule has 0 atom stereocenters. The lowest BCUT2D eigenvalue weighted by Gasteiger charge is -2.10. The highest BCUT2D eigenvalue weighted by Gasteiger charge is 2.30. The molecule has 5 N–H and O–H groups in total. The molecule has 0 aromatic heterocycles. The molecule has 7 nitrogen and oxygen atoms in total. The third-order valence-electron chi connectivity index (χ3n) is 2.02. The van der Waals surface area contributed by atoms with Crippen molar-refractivity contribution in [2.24, 2.45) is 15.9 Å². The maximum Gasteiger partial charge on any atom is 0.573 e. The number of aliphatic imine (C=N–C) groups is 1. The summed E-state index contributed by atoms with van der Waals surface area (Å²) in [5.74, 6) is -0.839. The molecular weight excluding hydrogens is 313 g/mol. The number of hydrogen-bond acceptors (Lipinski definition) is 4. The molecule has 1 aromatic rings. The highest BCUT2D eigenvalue weighted by Crippen LogP contribution is 2.23. The molecule has 0 amide bonds. The van der Waals surface area contributed by atoms with E-state index >= 15 is 0 Å². The number of nitrogens with one attached hydrogen (secondary N) is 1. The quantitative estimate of drug-likeness (QED) is 0.540. The molecule has 0 aliphatic rings. The van der Waals surface area contributed by atoms with E-state index in [9.17, 15) is 21.6 Å². The van der Waals surface area contributed by atoms with Crippen LogP contribution in [0.4, 0.5) is 18.9 Å². The SMILES string of the molecule is NC(=NCCS(N)(=O)=O)Nc1ccc(OC(F)(F)F)cc1. The van der Waals surface area contributed by atoms with Gasteiger partial charge in [0.1, 0.15) is 5.75 Å². The summed E-state index contributed by atoms with van der Waals surface area (Å²) in [6.45, 7) is -0.132. The highest BCUT2D eigenvalue weighted by molar-refractivity contribution is 7.89. The number of primary sulfonamides is 1. The van der Waals surface area contributed by atoms with Gasteiger partial charge in [0, 0.05) is 5.69 Å². The number of benzene rings is 1. The normalized spacial score (nSPS) is 13.0. The predicted octanol–water partition coefficient (Wildman–Crippen LogP) is 0.600. The Balaban J connectivity index is 2.57. The van der Waals surface area contributed by atoms with Gasteiger partial charge < -0.3 is 15.8 Å². The van der Waals surface area contributed by atoms with E-state index in [1.54, 1.807) is 0 Å². The number of nitrogens with zero attached hydrogens (tertiary/aromatic N) is 1. The van der Waals surface area contributed by atoms with Crippen LogP contribution in [0.1, 0.15) is 0 Å². The van der Waals surface area contributed by atoms with Gasteiger partial charge in [0.15, 0.2) is 5.96 Å². The summed E-state index contributed by atoms with van der Waals surface area (Å²) in [6, 6.07) is 4.77. The molecular formula is C10H13F3N4O3S. The third kappa shape index (κ3) is 7.99. The number of alkyl halides is 3. The molecule has 11 heteroatoms. The van der Waals surface area contributed by atoms with Crippen LogP contribution >= 0.6 is 0 Å². The second-order valence-electron chi connectivity index (χ2n) is 3.83. The van der Waals surface area contributed by atoms with Crippen LogP contribution in [-0.2, 0) is 10.0 Å². The number of nitrogens with two attached hydrogens (primary N) is 2. The van der Waals surface area contributed by atoms with Crippen LogP contribution in [0.5, 0.6) is 5.75 Å². The Morgan fingerprint density at radius 3 is 2.33 bits per heavy atom. The summed E-state index contributed by atoms with van der Waals surface area (Å²) in [7, 11) is -3.63. The van der Waals surface area contributed by atoms with Crippen LogP contribution in [0.25, 0.3) is 0 Å². The molecule has 1 aromatic carbocycles. The van der Waals surface area contributed by atoms with Gasteiger partial charge in [0.25, 0.3) is 0 Å². The molecule has 0 fully saturated rings. The first-order chi connectivity index (χ1) is 9.55. The van der Waals surface area contributed by atoms with Crippen LogP contribution in [0.3, 0.4) is 0 Å². The molecule has 1 rings (SSSR count). The summed E-state index contributed by atoms with van der Waals surface area (Å²) in [6.07, 6.45) is -4.76. The van der Waals surface area contributed by atoms with Crippen LogP contribution in [0.15, 0.2) is 29.3 Å². The van der Waals surface area contributed by atoms with Crippen molar-refractivity contribution >= 4 is 21.7 Å². The van der Waals surface area contributed by atoms with Gasteiger partial charge in [-0.15, -0.1) is 13.2 Å². The molecule has 0 bridgehead atoms. The van der Waals surface area contributed by atoms with Gasteiger partial charge in [-0.2, -0.15) is 0 Å². The molecule has 0 unspecified atom stereocenters. The molecule has 0 saturated carbocycles. The van der Waals surface area contributed by atoms with Crippen molar-refractivity contribution in [2.75, 3.05) is 17.6 Å². The summed E-state index contributed by atoms with van der Waals surface area (Å²) in [5, 5.41) is 7.35. The third-order valence-corrected chi connectivity index (χ3v) is 2.77. The van der Waals surface area contributed by atoms with Gasteiger partial charge in [0.05, 0.1) is 12.3 Å². The Kier molecular flexibility index (Phi) is 5.38. The molecule has 0 radical (unpaired) electrons.